The minimum absolute atomic E-state index is 0.0965. The first-order valence-electron chi connectivity index (χ1n) is 15.2. The number of nitrogens with zero attached hydrogens (tertiary/aromatic N) is 3. The molecule has 0 spiro atoms. The van der Waals surface area contributed by atoms with E-state index < -0.39 is 63.6 Å². The van der Waals surface area contributed by atoms with E-state index in [1.165, 1.54) is 49.5 Å². The number of carbonyl (C=O) groups excluding carboxylic acids is 4. The predicted octanol–water partition coefficient (Wildman–Crippen LogP) is 4.75. The summed E-state index contributed by atoms with van der Waals surface area (Å²) in [4.78, 5) is 70.1. The maximum Gasteiger partial charge on any atom is 0.271 e. The summed E-state index contributed by atoms with van der Waals surface area (Å²) in [6.45, 7) is 1.72. The molecule has 3 aromatic rings. The molecule has 0 bridgehead atoms. The van der Waals surface area contributed by atoms with Crippen LogP contribution in [-0.2, 0) is 19.2 Å². The standard InChI is InChI=1S/C35H31N3O9/c1-35-25(32(41)37(34(35)43)18-8-5-4-6-9-18)17-24-22(30(35)29-26(39)15-21(46-2)16-27(29)47-3)12-13-23-28(24)33(42)36(31(23)40)19-10-7-11-20(14-19)38(44)45/h4-12,14-16,23-25,28,30,39H,13,17H2,1-3H3. The lowest BCUT2D eigenvalue weighted by molar-refractivity contribution is -0.384. The van der Waals surface area contributed by atoms with Gasteiger partial charge in [-0.25, -0.2) is 9.80 Å². The molecule has 1 N–H and O–H groups in total. The third-order valence-electron chi connectivity index (χ3n) is 10.4. The molecule has 3 aromatic carbocycles. The fourth-order valence-electron chi connectivity index (χ4n) is 8.31. The molecule has 2 aliphatic heterocycles. The summed E-state index contributed by atoms with van der Waals surface area (Å²) < 4.78 is 11.1. The molecule has 2 heterocycles. The van der Waals surface area contributed by atoms with Crippen molar-refractivity contribution in [1.29, 1.82) is 0 Å². The quantitative estimate of drug-likeness (QED) is 0.174. The Labute approximate surface area is 269 Å². The molecule has 12 nitrogen and oxygen atoms in total. The van der Waals surface area contributed by atoms with Gasteiger partial charge < -0.3 is 14.6 Å². The van der Waals surface area contributed by atoms with Gasteiger partial charge in [-0.05, 0) is 43.9 Å². The SMILES string of the molecule is COc1cc(O)c(C2C3=CCC4C(=O)N(c5cccc([N+](=O)[O-])c5)C(=O)C4C3CC3C(=O)N(c4ccccc4)C(=O)C32C)c(OC)c1. The van der Waals surface area contributed by atoms with Gasteiger partial charge in [0.15, 0.2) is 0 Å². The number of ether oxygens (including phenoxy) is 2. The number of imide groups is 2. The van der Waals surface area contributed by atoms with E-state index in [0.717, 1.165) is 4.90 Å². The van der Waals surface area contributed by atoms with Crippen LogP contribution in [0.4, 0.5) is 17.1 Å². The Morgan fingerprint density at radius 3 is 2.28 bits per heavy atom. The number of methoxy groups -OCH3 is 2. The molecule has 2 aliphatic carbocycles. The van der Waals surface area contributed by atoms with Crippen molar-refractivity contribution in [3.63, 3.8) is 0 Å². The Bertz CT molecular complexity index is 1910. The molecule has 6 unspecified atom stereocenters. The Morgan fingerprint density at radius 1 is 0.872 bits per heavy atom. The van der Waals surface area contributed by atoms with Crippen LogP contribution in [0.15, 0.2) is 78.4 Å². The zero-order chi connectivity index (χ0) is 33.4. The first-order chi connectivity index (χ1) is 22.5. The average molecular weight is 638 g/mol. The number of nitro benzene ring substituents is 1. The summed E-state index contributed by atoms with van der Waals surface area (Å²) in [6, 6.07) is 17.0. The molecule has 7 rings (SSSR count). The number of rotatable bonds is 6. The normalized spacial score (nSPS) is 28.1. The third kappa shape index (κ3) is 4.20. The van der Waals surface area contributed by atoms with E-state index in [2.05, 4.69) is 0 Å². The van der Waals surface area contributed by atoms with E-state index >= 15 is 0 Å². The summed E-state index contributed by atoms with van der Waals surface area (Å²) in [7, 11) is 2.87. The maximum absolute atomic E-state index is 14.6. The van der Waals surface area contributed by atoms with Gasteiger partial charge in [0.2, 0.25) is 23.6 Å². The van der Waals surface area contributed by atoms with Crippen LogP contribution >= 0.6 is 0 Å². The van der Waals surface area contributed by atoms with Gasteiger partial charge >= 0.3 is 0 Å². The minimum atomic E-state index is -1.40. The Balaban J connectivity index is 1.40. The summed E-state index contributed by atoms with van der Waals surface area (Å²) in [6.07, 6.45) is 2.12. The lowest BCUT2D eigenvalue weighted by Crippen LogP contribution is -2.49. The number of allylic oxidation sites excluding steroid dienone is 2. The summed E-state index contributed by atoms with van der Waals surface area (Å²) in [5, 5.41) is 23.0. The van der Waals surface area contributed by atoms with Gasteiger partial charge in [-0.15, -0.1) is 0 Å². The topological polar surface area (TPSA) is 157 Å². The van der Waals surface area contributed by atoms with E-state index in [4.69, 9.17) is 9.47 Å². The number of para-hydroxylation sites is 1. The largest absolute Gasteiger partial charge is 0.507 e. The van der Waals surface area contributed by atoms with Crippen molar-refractivity contribution in [3.8, 4) is 17.2 Å². The van der Waals surface area contributed by atoms with Crippen molar-refractivity contribution in [1.82, 2.24) is 0 Å². The van der Waals surface area contributed by atoms with E-state index in [0.29, 0.717) is 17.0 Å². The number of carbonyl (C=O) groups is 4. The lowest BCUT2D eigenvalue weighted by Gasteiger charge is -2.49. The van der Waals surface area contributed by atoms with Crippen LogP contribution in [0.3, 0.4) is 0 Å². The predicted molar refractivity (Wildman–Crippen MR) is 168 cm³/mol. The van der Waals surface area contributed by atoms with Gasteiger partial charge in [0.25, 0.3) is 5.69 Å². The van der Waals surface area contributed by atoms with Gasteiger partial charge in [0.05, 0.1) is 53.7 Å². The first-order valence-corrected chi connectivity index (χ1v) is 15.2. The lowest BCUT2D eigenvalue weighted by atomic mass is 9.51. The highest BCUT2D eigenvalue weighted by Gasteiger charge is 2.68. The summed E-state index contributed by atoms with van der Waals surface area (Å²) in [5.41, 5.74) is -0.225. The number of hydrogen-bond acceptors (Lipinski definition) is 9. The number of anilines is 2. The van der Waals surface area contributed by atoms with E-state index in [9.17, 15) is 34.4 Å². The number of phenols is 1. The molecule has 4 aliphatic rings. The fourth-order valence-corrected chi connectivity index (χ4v) is 8.31. The van der Waals surface area contributed by atoms with Crippen molar-refractivity contribution in [3.05, 3.63) is 94.1 Å². The molecule has 12 heteroatoms. The van der Waals surface area contributed by atoms with Gasteiger partial charge in [-0.3, -0.25) is 29.3 Å². The number of benzene rings is 3. The molecular formula is C35H31N3O9. The van der Waals surface area contributed by atoms with E-state index in [-0.39, 0.29) is 41.3 Å². The number of nitro groups is 1. The molecule has 6 atom stereocenters. The van der Waals surface area contributed by atoms with Crippen LogP contribution in [0.5, 0.6) is 17.2 Å². The molecular weight excluding hydrogens is 606 g/mol. The Hall–Kier alpha value is -5.52. The summed E-state index contributed by atoms with van der Waals surface area (Å²) in [5.74, 6) is -5.70. The Kier molecular flexibility index (Phi) is 6.92. The number of hydrogen-bond donors (Lipinski definition) is 1. The zero-order valence-electron chi connectivity index (χ0n) is 25.8. The number of fused-ring (bicyclic) bond motifs is 4. The van der Waals surface area contributed by atoms with Crippen molar-refractivity contribution < 1.29 is 38.7 Å². The van der Waals surface area contributed by atoms with Gasteiger partial charge in [-0.1, -0.05) is 35.9 Å². The smallest absolute Gasteiger partial charge is 0.271 e. The maximum atomic E-state index is 14.6. The van der Waals surface area contributed by atoms with Crippen molar-refractivity contribution in [2.45, 2.75) is 25.7 Å². The second kappa shape index (κ2) is 10.8. The van der Waals surface area contributed by atoms with E-state index in [1.807, 2.05) is 6.08 Å². The Morgan fingerprint density at radius 2 is 1.60 bits per heavy atom. The van der Waals surface area contributed by atoms with Crippen molar-refractivity contribution >= 4 is 40.7 Å². The second-order valence-corrected chi connectivity index (χ2v) is 12.5. The van der Waals surface area contributed by atoms with Crippen LogP contribution in [0.1, 0.15) is 31.2 Å². The highest BCUT2D eigenvalue weighted by molar-refractivity contribution is 6.25. The average Bonchev–Trinajstić information content (AvgIpc) is 3.44. The minimum Gasteiger partial charge on any atom is -0.507 e. The van der Waals surface area contributed by atoms with Crippen LogP contribution in [0.25, 0.3) is 0 Å². The second-order valence-electron chi connectivity index (χ2n) is 12.5. The highest BCUT2D eigenvalue weighted by Crippen LogP contribution is 2.65. The number of aromatic hydroxyl groups is 1. The molecule has 3 fully saturated rings. The molecule has 0 radical (unpaired) electrons. The van der Waals surface area contributed by atoms with E-state index in [1.54, 1.807) is 43.3 Å². The van der Waals surface area contributed by atoms with Gasteiger partial charge in [0, 0.05) is 35.7 Å². The number of amides is 4. The monoisotopic (exact) mass is 637 g/mol. The van der Waals surface area contributed by atoms with Crippen LogP contribution in [-0.4, -0.2) is 47.9 Å². The van der Waals surface area contributed by atoms with Crippen molar-refractivity contribution in [2.24, 2.45) is 29.1 Å². The third-order valence-corrected chi connectivity index (χ3v) is 10.4. The molecule has 0 aromatic heterocycles. The van der Waals surface area contributed by atoms with Crippen LogP contribution < -0.4 is 19.3 Å². The molecule has 2 saturated heterocycles. The molecule has 4 amide bonds. The van der Waals surface area contributed by atoms with Gasteiger partial charge in [0.1, 0.15) is 17.2 Å². The van der Waals surface area contributed by atoms with Crippen LogP contribution in [0, 0.1) is 39.2 Å². The summed E-state index contributed by atoms with van der Waals surface area (Å²) >= 11 is 0. The molecule has 240 valence electrons. The number of non-ortho nitro benzene ring substituents is 1. The first kappa shape index (κ1) is 30.2. The molecule has 47 heavy (non-hydrogen) atoms. The van der Waals surface area contributed by atoms with Gasteiger partial charge in [-0.2, -0.15) is 0 Å². The van der Waals surface area contributed by atoms with Crippen molar-refractivity contribution in [2.75, 3.05) is 24.0 Å². The highest BCUT2D eigenvalue weighted by atomic mass is 16.6. The van der Waals surface area contributed by atoms with Crippen LogP contribution in [0.2, 0.25) is 0 Å². The molecule has 1 saturated carbocycles. The number of phenolic OH excluding ortho intramolecular Hbond substituents is 1. The fraction of sp³-hybridized carbons (Fsp3) is 0.314. The zero-order valence-corrected chi connectivity index (χ0v) is 25.8.